The lowest BCUT2D eigenvalue weighted by atomic mass is 9.93. The molecule has 0 unspecified atom stereocenters. The third kappa shape index (κ3) is 4.93. The molecule has 3 aromatic rings. The Bertz CT molecular complexity index is 1020. The third-order valence-electron chi connectivity index (χ3n) is 5.33. The Morgan fingerprint density at radius 1 is 1.06 bits per heavy atom. The first-order valence-corrected chi connectivity index (χ1v) is 10.2. The molecule has 31 heavy (non-hydrogen) atoms. The number of nitrogens with zero attached hydrogens (tertiary/aromatic N) is 3. The van der Waals surface area contributed by atoms with Crippen molar-refractivity contribution < 1.29 is 19.0 Å². The second kappa shape index (κ2) is 9.46. The van der Waals surface area contributed by atoms with E-state index < -0.39 is 0 Å². The lowest BCUT2D eigenvalue weighted by molar-refractivity contribution is 0.0880. The molecule has 1 aliphatic rings. The van der Waals surface area contributed by atoms with E-state index in [-0.39, 0.29) is 18.1 Å². The van der Waals surface area contributed by atoms with Gasteiger partial charge in [-0.2, -0.15) is 5.10 Å². The topological polar surface area (TPSA) is 111 Å². The zero-order valence-electron chi connectivity index (χ0n) is 17.5. The van der Waals surface area contributed by atoms with E-state index in [0.717, 1.165) is 31.2 Å². The van der Waals surface area contributed by atoms with E-state index >= 15 is 0 Å². The molecule has 1 aliphatic carbocycles. The van der Waals surface area contributed by atoms with Crippen molar-refractivity contribution >= 4 is 5.91 Å². The van der Waals surface area contributed by atoms with Gasteiger partial charge < -0.3 is 19.5 Å². The van der Waals surface area contributed by atoms with Crippen LogP contribution in [0.25, 0.3) is 11.3 Å². The third-order valence-corrected chi connectivity index (χ3v) is 5.33. The van der Waals surface area contributed by atoms with Gasteiger partial charge in [-0.25, -0.2) is 9.97 Å². The monoisotopic (exact) mass is 423 g/mol. The van der Waals surface area contributed by atoms with E-state index in [2.05, 4.69) is 25.5 Å². The summed E-state index contributed by atoms with van der Waals surface area (Å²) in [5.41, 5.74) is 1.76. The normalized spacial score (nSPS) is 18.3. The Labute approximate surface area is 180 Å². The number of carbonyl (C=O) groups excluding carboxylic acids is 1. The van der Waals surface area contributed by atoms with Gasteiger partial charge in [0.05, 0.1) is 19.9 Å². The largest absolute Gasteiger partial charge is 0.497 e. The summed E-state index contributed by atoms with van der Waals surface area (Å²) in [6.07, 6.45) is 6.70. The maximum atomic E-state index is 12.7. The molecule has 1 saturated carbocycles. The highest BCUT2D eigenvalue weighted by atomic mass is 16.5. The van der Waals surface area contributed by atoms with Gasteiger partial charge in [-0.3, -0.25) is 9.89 Å². The molecule has 0 bridgehead atoms. The first-order valence-electron chi connectivity index (χ1n) is 10.2. The van der Waals surface area contributed by atoms with Crippen LogP contribution >= 0.6 is 0 Å². The number of aromatic nitrogens is 4. The molecule has 0 saturated heterocycles. The number of aromatic amines is 1. The standard InChI is InChI=1S/C22H25N5O4/c1-29-16-8-9-20(30-2)17(12-16)18-13-19(27-26-18)21(28)25-14-4-6-15(7-5-14)31-22-23-10-3-11-24-22/h3,8-15H,4-7H2,1-2H3,(H,25,28)(H,26,27). The number of amides is 1. The van der Waals surface area contributed by atoms with Crippen LogP contribution in [0.4, 0.5) is 0 Å². The summed E-state index contributed by atoms with van der Waals surface area (Å²) in [4.78, 5) is 20.9. The Balaban J connectivity index is 1.35. The van der Waals surface area contributed by atoms with Crippen molar-refractivity contribution in [2.45, 2.75) is 37.8 Å². The molecule has 2 N–H and O–H groups in total. The lowest BCUT2D eigenvalue weighted by Crippen LogP contribution is -2.40. The van der Waals surface area contributed by atoms with Crippen molar-refractivity contribution in [1.29, 1.82) is 0 Å². The van der Waals surface area contributed by atoms with Gasteiger partial charge in [0.25, 0.3) is 5.91 Å². The van der Waals surface area contributed by atoms with Crippen LogP contribution in [-0.2, 0) is 0 Å². The maximum absolute atomic E-state index is 12.7. The number of H-pyrrole nitrogens is 1. The van der Waals surface area contributed by atoms with Gasteiger partial charge in [0.2, 0.25) is 0 Å². The van der Waals surface area contributed by atoms with Crippen LogP contribution in [0.2, 0.25) is 0 Å². The van der Waals surface area contributed by atoms with Crippen molar-refractivity contribution in [3.05, 3.63) is 48.4 Å². The van der Waals surface area contributed by atoms with Crippen molar-refractivity contribution in [3.8, 4) is 28.8 Å². The predicted octanol–water partition coefficient (Wildman–Crippen LogP) is 3.00. The molecule has 4 rings (SSSR count). The lowest BCUT2D eigenvalue weighted by Gasteiger charge is -2.28. The Kier molecular flexibility index (Phi) is 6.30. The number of nitrogens with one attached hydrogen (secondary N) is 2. The van der Waals surface area contributed by atoms with Crippen molar-refractivity contribution in [2.24, 2.45) is 0 Å². The first-order chi connectivity index (χ1) is 15.2. The summed E-state index contributed by atoms with van der Waals surface area (Å²) in [5.74, 6) is 1.15. The molecule has 1 amide bonds. The molecular weight excluding hydrogens is 398 g/mol. The molecule has 9 nitrogen and oxygen atoms in total. The summed E-state index contributed by atoms with van der Waals surface area (Å²) in [6.45, 7) is 0. The molecular formula is C22H25N5O4. The van der Waals surface area contributed by atoms with Crippen LogP contribution in [0.3, 0.4) is 0 Å². The highest BCUT2D eigenvalue weighted by molar-refractivity contribution is 5.93. The quantitative estimate of drug-likeness (QED) is 0.601. The Morgan fingerprint density at radius 3 is 2.55 bits per heavy atom. The molecule has 0 aliphatic heterocycles. The van der Waals surface area contributed by atoms with E-state index in [1.165, 1.54) is 0 Å². The summed E-state index contributed by atoms with van der Waals surface area (Å²) in [7, 11) is 3.19. The molecule has 9 heteroatoms. The SMILES string of the molecule is COc1ccc(OC)c(-c2cc(C(=O)NC3CCC(Oc4ncccn4)CC3)[nH]n2)c1. The van der Waals surface area contributed by atoms with Crippen LogP contribution in [0.1, 0.15) is 36.2 Å². The molecule has 1 fully saturated rings. The number of methoxy groups -OCH3 is 2. The fourth-order valence-electron chi connectivity index (χ4n) is 3.67. The fourth-order valence-corrected chi connectivity index (χ4v) is 3.67. The van der Waals surface area contributed by atoms with Crippen LogP contribution in [0, 0.1) is 0 Å². The van der Waals surface area contributed by atoms with Gasteiger partial charge in [-0.15, -0.1) is 0 Å². The molecule has 2 heterocycles. The van der Waals surface area contributed by atoms with E-state index in [1.54, 1.807) is 38.7 Å². The Hall–Kier alpha value is -3.62. The second-order valence-electron chi connectivity index (χ2n) is 7.33. The summed E-state index contributed by atoms with van der Waals surface area (Å²) < 4.78 is 16.5. The zero-order valence-corrected chi connectivity index (χ0v) is 17.5. The van der Waals surface area contributed by atoms with Crippen molar-refractivity contribution in [2.75, 3.05) is 14.2 Å². The molecule has 0 atom stereocenters. The van der Waals surface area contributed by atoms with E-state index in [0.29, 0.717) is 28.9 Å². The van der Waals surface area contributed by atoms with Crippen molar-refractivity contribution in [3.63, 3.8) is 0 Å². The molecule has 0 spiro atoms. The molecule has 0 radical (unpaired) electrons. The maximum Gasteiger partial charge on any atom is 0.316 e. The van der Waals surface area contributed by atoms with Crippen LogP contribution in [-0.4, -0.2) is 52.4 Å². The average Bonchev–Trinajstić information content (AvgIpc) is 3.31. The molecule has 1 aromatic carbocycles. The van der Waals surface area contributed by atoms with Crippen LogP contribution < -0.4 is 19.5 Å². The Morgan fingerprint density at radius 2 is 1.84 bits per heavy atom. The number of carbonyl (C=O) groups is 1. The molecule has 2 aromatic heterocycles. The number of hydrogen-bond acceptors (Lipinski definition) is 7. The van der Waals surface area contributed by atoms with Gasteiger partial charge in [-0.05, 0) is 56.0 Å². The van der Waals surface area contributed by atoms with E-state index in [9.17, 15) is 4.79 Å². The average molecular weight is 423 g/mol. The van der Waals surface area contributed by atoms with Crippen LogP contribution in [0.15, 0.2) is 42.7 Å². The number of ether oxygens (including phenoxy) is 3. The summed E-state index contributed by atoms with van der Waals surface area (Å²) in [5, 5.41) is 10.2. The van der Waals surface area contributed by atoms with Crippen molar-refractivity contribution in [1.82, 2.24) is 25.5 Å². The summed E-state index contributed by atoms with van der Waals surface area (Å²) >= 11 is 0. The fraction of sp³-hybridized carbons (Fsp3) is 0.364. The van der Waals surface area contributed by atoms with Gasteiger partial charge in [-0.1, -0.05) is 0 Å². The van der Waals surface area contributed by atoms with E-state index in [4.69, 9.17) is 14.2 Å². The smallest absolute Gasteiger partial charge is 0.316 e. The first kappa shape index (κ1) is 20.6. The zero-order chi connectivity index (χ0) is 21.6. The van der Waals surface area contributed by atoms with Crippen LogP contribution in [0.5, 0.6) is 17.5 Å². The number of hydrogen-bond donors (Lipinski definition) is 2. The van der Waals surface area contributed by atoms with Gasteiger partial charge in [0.15, 0.2) is 0 Å². The summed E-state index contributed by atoms with van der Waals surface area (Å²) in [6, 6.07) is 9.40. The van der Waals surface area contributed by atoms with Gasteiger partial charge in [0.1, 0.15) is 23.3 Å². The minimum absolute atomic E-state index is 0.0647. The minimum atomic E-state index is -0.184. The number of benzene rings is 1. The van der Waals surface area contributed by atoms with Gasteiger partial charge in [0, 0.05) is 24.0 Å². The molecule has 162 valence electrons. The van der Waals surface area contributed by atoms with E-state index in [1.807, 2.05) is 18.2 Å². The highest BCUT2D eigenvalue weighted by Gasteiger charge is 2.25. The minimum Gasteiger partial charge on any atom is -0.497 e. The van der Waals surface area contributed by atoms with Gasteiger partial charge >= 0.3 is 6.01 Å². The number of rotatable bonds is 7. The highest BCUT2D eigenvalue weighted by Crippen LogP contribution is 2.32. The second-order valence-corrected chi connectivity index (χ2v) is 7.33. The predicted molar refractivity (Wildman–Crippen MR) is 113 cm³/mol.